The number of rotatable bonds is 20. The van der Waals surface area contributed by atoms with Gasteiger partial charge in [-0.2, -0.15) is 45.8 Å². The van der Waals surface area contributed by atoms with Gasteiger partial charge in [0, 0.05) is 76.8 Å². The van der Waals surface area contributed by atoms with Crippen LogP contribution in [0.3, 0.4) is 0 Å². The van der Waals surface area contributed by atoms with Crippen LogP contribution in [0.15, 0.2) is 30.3 Å². The monoisotopic (exact) mass is 922 g/mol. The third-order valence-corrected chi connectivity index (χ3v) is 17.6. The van der Waals surface area contributed by atoms with Gasteiger partial charge in [0.2, 0.25) is 0 Å². The molecule has 1 aromatic rings. The molecule has 1 aromatic carbocycles. The quantitative estimate of drug-likeness (QED) is 0.0562. The Morgan fingerprint density at radius 1 is 0.754 bits per heavy atom. The van der Waals surface area contributed by atoms with Gasteiger partial charge in [0.25, 0.3) is 20.4 Å². The van der Waals surface area contributed by atoms with Crippen molar-refractivity contribution in [2.75, 3.05) is 70.4 Å². The molecular weight excluding hydrogens is 858 g/mol. The highest BCUT2D eigenvalue weighted by Crippen LogP contribution is 2.37. The highest BCUT2D eigenvalue weighted by atomic mass is 32.2. The minimum Gasteiger partial charge on any atom is -0.480 e. The topological polar surface area (TPSA) is 344 Å². The lowest BCUT2D eigenvalue weighted by atomic mass is 9.78. The smallest absolute Gasteiger partial charge is 0.451 e. The molecule has 21 nitrogen and oxygen atoms in total. The number of aliphatic carboxylic acids is 2. The highest BCUT2D eigenvalue weighted by Gasteiger charge is 2.56. The number of hydrogen-bond acceptors (Lipinski definition) is 15. The van der Waals surface area contributed by atoms with Gasteiger partial charge in [-0.3, -0.25) is 9.59 Å². The van der Waals surface area contributed by atoms with Crippen molar-refractivity contribution in [3.63, 3.8) is 0 Å². The van der Waals surface area contributed by atoms with Crippen molar-refractivity contribution in [1.29, 1.82) is 0 Å². The van der Waals surface area contributed by atoms with E-state index in [0.717, 1.165) is 29.9 Å². The summed E-state index contributed by atoms with van der Waals surface area (Å²) in [6, 6.07) is 9.23. The van der Waals surface area contributed by atoms with Gasteiger partial charge < -0.3 is 57.9 Å². The van der Waals surface area contributed by atoms with Crippen molar-refractivity contribution in [3.8, 4) is 0 Å². The number of hydrogen-bond donors (Lipinski definition) is 10. The summed E-state index contributed by atoms with van der Waals surface area (Å²) in [7, 11) is -10.8. The molecule has 26 heteroatoms. The van der Waals surface area contributed by atoms with Gasteiger partial charge in [-0.1, -0.05) is 43.2 Å². The minimum absolute atomic E-state index is 0. The Balaban J connectivity index is 0.000000265. The van der Waals surface area contributed by atoms with Crippen LogP contribution >= 0.6 is 11.8 Å². The maximum absolute atomic E-state index is 13.6. The lowest BCUT2D eigenvalue weighted by molar-refractivity contribution is -0.145. The number of carbonyl (C=O) groups is 2. The molecule has 0 aliphatic carbocycles. The molecule has 5 saturated heterocycles. The lowest BCUT2D eigenvalue weighted by Crippen LogP contribution is -2.64. The molecule has 14 N–H and O–H groups in total. The van der Waals surface area contributed by atoms with Gasteiger partial charge >= 0.3 is 26.2 Å². The molecule has 0 radical (unpaired) electrons. The number of carboxylic acids is 2. The van der Waals surface area contributed by atoms with E-state index in [1.165, 1.54) is 12.9 Å². The SMILES string of the molecule is N[C@@]1(C(=O)O)CN(S(=O)(=O)N(C2CCSCC2)C2CNC2)C[C@@H]1CCCB(O)O.N[C@@]1(C(=O)O)CN(S(=O)(=O)N(CCc2ccccc2)C2CNC2)C[C@@H]1CCCB(O)O.O. The standard InChI is InChI=1S/C19H31BN4O6S.C16H31BN4O6S2.H2O/c21-19(18(25)26)14-23(13-16(19)7-4-9-20(27)28)31(29,30)24(17-11-22-12-17)10-8-15-5-2-1-3-6-15;18-16(15(22)23)11-20(10-12(16)2-1-5-17(24)25)29(26,27)21(14-8-19-9-14)13-3-6-28-7-4-13;/h1-3,5-6,16-17,22,27-28H,4,7-14,21H2,(H,25,26);12-14,19,24-25H,1-11,18H2,(H,22,23);1H2/t16-,19-;12-,16-;/m00./s1. The fraction of sp³-hybridized carbons (Fsp3) is 0.771. The Labute approximate surface area is 363 Å². The van der Waals surface area contributed by atoms with Crippen molar-refractivity contribution >= 4 is 58.4 Å². The van der Waals surface area contributed by atoms with Crippen LogP contribution in [0.2, 0.25) is 12.6 Å². The molecule has 5 aliphatic rings. The average Bonchev–Trinajstić information content (AvgIpc) is 3.70. The summed E-state index contributed by atoms with van der Waals surface area (Å²) >= 11 is 1.82. The first-order valence-corrected chi connectivity index (χ1v) is 24.6. The summed E-state index contributed by atoms with van der Waals surface area (Å²) in [6.07, 6.45) is 3.62. The zero-order valence-corrected chi connectivity index (χ0v) is 36.8. The fourth-order valence-corrected chi connectivity index (χ4v) is 13.7. The van der Waals surface area contributed by atoms with Crippen LogP contribution in [-0.4, -0.2) is 196 Å². The van der Waals surface area contributed by atoms with E-state index < -0.39 is 69.5 Å². The van der Waals surface area contributed by atoms with Crippen LogP contribution in [-0.2, 0) is 36.4 Å². The number of benzene rings is 1. The van der Waals surface area contributed by atoms with E-state index >= 15 is 0 Å². The summed E-state index contributed by atoms with van der Waals surface area (Å²) in [4.78, 5) is 23.8. The third-order valence-electron chi connectivity index (χ3n) is 12.5. The second-order valence-electron chi connectivity index (χ2n) is 16.7. The van der Waals surface area contributed by atoms with Gasteiger partial charge in [-0.05, 0) is 61.8 Å². The summed E-state index contributed by atoms with van der Waals surface area (Å²) in [5.41, 5.74) is 9.99. The average molecular weight is 923 g/mol. The molecule has 0 bridgehead atoms. The second kappa shape index (κ2) is 22.3. The molecule has 5 heterocycles. The van der Waals surface area contributed by atoms with Gasteiger partial charge in [0.15, 0.2) is 0 Å². The minimum atomic E-state index is -3.93. The molecule has 0 saturated carbocycles. The molecule has 61 heavy (non-hydrogen) atoms. The second-order valence-corrected chi connectivity index (χ2v) is 21.6. The highest BCUT2D eigenvalue weighted by molar-refractivity contribution is 7.99. The number of nitrogens with zero attached hydrogens (tertiary/aromatic N) is 4. The van der Waals surface area contributed by atoms with E-state index in [4.69, 9.17) is 31.6 Å². The Morgan fingerprint density at radius 3 is 1.62 bits per heavy atom. The van der Waals surface area contributed by atoms with Gasteiger partial charge in [0.1, 0.15) is 11.1 Å². The molecule has 6 rings (SSSR count). The van der Waals surface area contributed by atoms with Crippen LogP contribution < -0.4 is 22.1 Å². The Hall–Kier alpha value is -1.98. The molecule has 0 aromatic heterocycles. The fourth-order valence-electron chi connectivity index (χ4n) is 8.61. The van der Waals surface area contributed by atoms with E-state index in [-0.39, 0.29) is 62.4 Å². The number of nitrogens with one attached hydrogen (secondary N) is 2. The van der Waals surface area contributed by atoms with Crippen LogP contribution in [0, 0.1) is 11.8 Å². The van der Waals surface area contributed by atoms with Gasteiger partial charge in [-0.15, -0.1) is 0 Å². The predicted octanol–water partition coefficient (Wildman–Crippen LogP) is -3.74. The summed E-state index contributed by atoms with van der Waals surface area (Å²) in [5.74, 6) is -1.85. The first-order chi connectivity index (χ1) is 28.3. The lowest BCUT2D eigenvalue weighted by Gasteiger charge is -2.44. The Bertz CT molecular complexity index is 1800. The maximum Gasteiger partial charge on any atom is 0.451 e. The van der Waals surface area contributed by atoms with Crippen molar-refractivity contribution < 1.29 is 62.2 Å². The normalized spacial score (nSPS) is 26.9. The largest absolute Gasteiger partial charge is 0.480 e. The Morgan fingerprint density at radius 2 is 1.21 bits per heavy atom. The molecule has 5 aliphatic heterocycles. The zero-order chi connectivity index (χ0) is 43.9. The van der Waals surface area contributed by atoms with Crippen molar-refractivity contribution in [3.05, 3.63) is 35.9 Å². The summed E-state index contributed by atoms with van der Waals surface area (Å²) in [6.45, 7) is 2.04. The molecule has 4 atom stereocenters. The first-order valence-electron chi connectivity index (χ1n) is 20.7. The number of carboxylic acid groups (broad SMARTS) is 2. The maximum atomic E-state index is 13.6. The van der Waals surface area contributed by atoms with Crippen molar-refractivity contribution in [2.45, 2.75) is 86.8 Å². The zero-order valence-electron chi connectivity index (χ0n) is 34.4. The Kier molecular flexibility index (Phi) is 18.9. The summed E-state index contributed by atoms with van der Waals surface area (Å²) < 4.78 is 59.7. The molecule has 0 spiro atoms. The molecule has 0 amide bonds. The molecule has 5 fully saturated rings. The van der Waals surface area contributed by atoms with E-state index in [1.807, 2.05) is 42.1 Å². The molecular formula is C35H64B2N8O13S3. The third kappa shape index (κ3) is 12.4. The van der Waals surface area contributed by atoms with Crippen LogP contribution in [0.1, 0.15) is 44.1 Å². The van der Waals surface area contributed by atoms with E-state index in [2.05, 4.69) is 10.6 Å². The number of nitrogens with two attached hydrogens (primary N) is 2. The van der Waals surface area contributed by atoms with Crippen molar-refractivity contribution in [1.82, 2.24) is 27.9 Å². The van der Waals surface area contributed by atoms with E-state index in [0.29, 0.717) is 64.8 Å². The number of thioether (sulfide) groups is 1. The van der Waals surface area contributed by atoms with Crippen LogP contribution in [0.25, 0.3) is 0 Å². The molecule has 346 valence electrons. The summed E-state index contributed by atoms with van der Waals surface area (Å²) in [5, 5.41) is 61.9. The molecule has 0 unspecified atom stereocenters. The van der Waals surface area contributed by atoms with Gasteiger partial charge in [0.05, 0.1) is 12.1 Å². The van der Waals surface area contributed by atoms with E-state index in [1.54, 1.807) is 4.31 Å². The van der Waals surface area contributed by atoms with Gasteiger partial charge in [-0.25, -0.2) is 0 Å². The van der Waals surface area contributed by atoms with Crippen LogP contribution in [0.5, 0.6) is 0 Å². The van der Waals surface area contributed by atoms with E-state index in [9.17, 15) is 36.6 Å². The first kappa shape index (κ1) is 51.7. The van der Waals surface area contributed by atoms with Crippen LogP contribution in [0.4, 0.5) is 0 Å². The van der Waals surface area contributed by atoms with Crippen molar-refractivity contribution in [2.24, 2.45) is 23.3 Å². The predicted molar refractivity (Wildman–Crippen MR) is 232 cm³/mol.